The van der Waals surface area contributed by atoms with Crippen LogP contribution in [0.5, 0.6) is 0 Å². The van der Waals surface area contributed by atoms with Gasteiger partial charge in [0, 0.05) is 36.1 Å². The molecule has 144 valence electrons. The van der Waals surface area contributed by atoms with Crippen molar-refractivity contribution in [2.24, 2.45) is 7.05 Å². The summed E-state index contributed by atoms with van der Waals surface area (Å²) in [6, 6.07) is 26.7. The van der Waals surface area contributed by atoms with Gasteiger partial charge in [-0.3, -0.25) is 4.79 Å². The molecule has 1 aromatic heterocycles. The van der Waals surface area contributed by atoms with Crippen molar-refractivity contribution in [3.63, 3.8) is 0 Å². The molecule has 0 aliphatic carbocycles. The molecule has 0 atom stereocenters. The Morgan fingerprint density at radius 1 is 0.931 bits per heavy atom. The molecule has 0 spiro atoms. The van der Waals surface area contributed by atoms with Crippen LogP contribution >= 0.6 is 0 Å². The topological polar surface area (TPSA) is 34.0 Å². The lowest BCUT2D eigenvalue weighted by atomic mass is 10.0. The van der Waals surface area contributed by atoms with E-state index in [2.05, 4.69) is 54.2 Å². The van der Waals surface area contributed by atoms with Gasteiger partial charge in [0.2, 0.25) is 5.91 Å². The average molecular weight is 380 g/mol. The second kappa shape index (κ2) is 8.19. The molecule has 3 nitrogen and oxygen atoms in total. The molecule has 29 heavy (non-hydrogen) atoms. The third kappa shape index (κ3) is 3.85. The molecule has 1 N–H and O–H groups in total. The molecule has 0 fully saturated rings. The maximum Gasteiger partial charge on any atom is 0.244 e. The molecule has 0 saturated heterocycles. The minimum absolute atomic E-state index is 0.0970. The van der Waals surface area contributed by atoms with Crippen LogP contribution in [0.4, 0.5) is 0 Å². The molecule has 0 bridgehead atoms. The first-order valence-electron chi connectivity index (χ1n) is 9.78. The number of aromatic nitrogens is 1. The molecule has 3 aromatic carbocycles. The monoisotopic (exact) mass is 380 g/mol. The van der Waals surface area contributed by atoms with Crippen molar-refractivity contribution in [2.75, 3.05) is 0 Å². The standard InChI is InChI=1S/C26H24N2O/c1-19-10-6-7-13-21(19)18-27-25(29)17-16-23-22-14-8-9-15-24(22)28(2)26(23)20-11-4-3-5-12-20/h3-17H,18H2,1-2H3,(H,27,29)/b17-16+. The largest absolute Gasteiger partial charge is 0.348 e. The number of rotatable bonds is 5. The number of hydrogen-bond donors (Lipinski definition) is 1. The van der Waals surface area contributed by atoms with E-state index in [-0.39, 0.29) is 5.91 Å². The zero-order valence-corrected chi connectivity index (χ0v) is 16.7. The Balaban J connectivity index is 1.65. The van der Waals surface area contributed by atoms with Crippen LogP contribution in [-0.4, -0.2) is 10.5 Å². The number of amides is 1. The Morgan fingerprint density at radius 3 is 2.41 bits per heavy atom. The zero-order valence-electron chi connectivity index (χ0n) is 16.7. The smallest absolute Gasteiger partial charge is 0.244 e. The van der Waals surface area contributed by atoms with E-state index in [4.69, 9.17) is 0 Å². The van der Waals surface area contributed by atoms with Crippen molar-refractivity contribution >= 4 is 22.9 Å². The highest BCUT2D eigenvalue weighted by Gasteiger charge is 2.14. The second-order valence-corrected chi connectivity index (χ2v) is 7.18. The summed E-state index contributed by atoms with van der Waals surface area (Å²) in [4.78, 5) is 12.5. The number of para-hydroxylation sites is 1. The third-order valence-corrected chi connectivity index (χ3v) is 5.31. The summed E-state index contributed by atoms with van der Waals surface area (Å²) < 4.78 is 2.19. The van der Waals surface area contributed by atoms with Gasteiger partial charge in [-0.25, -0.2) is 0 Å². The van der Waals surface area contributed by atoms with E-state index in [1.54, 1.807) is 6.08 Å². The first-order valence-corrected chi connectivity index (χ1v) is 9.78. The SMILES string of the molecule is Cc1ccccc1CNC(=O)/C=C/c1c(-c2ccccc2)n(C)c2ccccc12. The van der Waals surface area contributed by atoms with Crippen LogP contribution in [0.25, 0.3) is 28.2 Å². The van der Waals surface area contributed by atoms with Gasteiger partial charge >= 0.3 is 0 Å². The van der Waals surface area contributed by atoms with Crippen LogP contribution < -0.4 is 5.32 Å². The number of benzene rings is 3. The normalized spacial score (nSPS) is 11.2. The highest BCUT2D eigenvalue weighted by Crippen LogP contribution is 2.33. The number of fused-ring (bicyclic) bond motifs is 1. The van der Waals surface area contributed by atoms with E-state index < -0.39 is 0 Å². The summed E-state index contributed by atoms with van der Waals surface area (Å²) in [5, 5.41) is 4.13. The number of carbonyl (C=O) groups is 1. The highest BCUT2D eigenvalue weighted by atomic mass is 16.1. The lowest BCUT2D eigenvalue weighted by Crippen LogP contribution is -2.20. The predicted molar refractivity (Wildman–Crippen MR) is 120 cm³/mol. The first kappa shape index (κ1) is 18.8. The Bertz CT molecular complexity index is 1190. The molecule has 0 unspecified atom stereocenters. The second-order valence-electron chi connectivity index (χ2n) is 7.18. The molecule has 0 aliphatic heterocycles. The number of carbonyl (C=O) groups excluding carboxylic acids is 1. The van der Waals surface area contributed by atoms with Crippen LogP contribution in [0.3, 0.4) is 0 Å². The molecule has 4 aromatic rings. The van der Waals surface area contributed by atoms with Gasteiger partial charge < -0.3 is 9.88 Å². The molecular weight excluding hydrogens is 356 g/mol. The van der Waals surface area contributed by atoms with Gasteiger partial charge in [0.05, 0.1) is 5.69 Å². The van der Waals surface area contributed by atoms with Crippen molar-refractivity contribution in [1.29, 1.82) is 0 Å². The van der Waals surface area contributed by atoms with Crippen LogP contribution in [-0.2, 0) is 18.4 Å². The number of nitrogens with zero attached hydrogens (tertiary/aromatic N) is 1. The Hall–Kier alpha value is -3.59. The fourth-order valence-electron chi connectivity index (χ4n) is 3.75. The number of aryl methyl sites for hydroxylation is 2. The number of hydrogen-bond acceptors (Lipinski definition) is 1. The van der Waals surface area contributed by atoms with Gasteiger partial charge in [0.15, 0.2) is 0 Å². The maximum atomic E-state index is 12.5. The summed E-state index contributed by atoms with van der Waals surface area (Å²) >= 11 is 0. The minimum Gasteiger partial charge on any atom is -0.348 e. The highest BCUT2D eigenvalue weighted by molar-refractivity contribution is 6.01. The molecule has 3 heteroatoms. The summed E-state index contributed by atoms with van der Waals surface area (Å²) in [6.07, 6.45) is 3.56. The van der Waals surface area contributed by atoms with E-state index in [1.165, 1.54) is 5.56 Å². The minimum atomic E-state index is -0.0970. The van der Waals surface area contributed by atoms with Crippen molar-refractivity contribution in [3.8, 4) is 11.3 Å². The van der Waals surface area contributed by atoms with Crippen LogP contribution in [0.1, 0.15) is 16.7 Å². The molecular formula is C26H24N2O. The summed E-state index contributed by atoms with van der Waals surface area (Å²) in [6.45, 7) is 2.58. The lowest BCUT2D eigenvalue weighted by Gasteiger charge is -2.07. The van der Waals surface area contributed by atoms with Crippen molar-refractivity contribution < 1.29 is 4.79 Å². The van der Waals surface area contributed by atoms with Gasteiger partial charge in [0.1, 0.15) is 0 Å². The summed E-state index contributed by atoms with van der Waals surface area (Å²) in [5.74, 6) is -0.0970. The van der Waals surface area contributed by atoms with E-state index in [0.717, 1.165) is 33.3 Å². The molecule has 0 radical (unpaired) electrons. The van der Waals surface area contributed by atoms with E-state index in [9.17, 15) is 4.79 Å². The van der Waals surface area contributed by atoms with Gasteiger partial charge in [-0.15, -0.1) is 0 Å². The average Bonchev–Trinajstić information content (AvgIpc) is 3.04. The van der Waals surface area contributed by atoms with Crippen molar-refractivity contribution in [3.05, 3.63) is 102 Å². The fraction of sp³-hybridized carbons (Fsp3) is 0.115. The van der Waals surface area contributed by atoms with E-state index in [1.807, 2.05) is 54.6 Å². The lowest BCUT2D eigenvalue weighted by molar-refractivity contribution is -0.116. The molecule has 0 saturated carbocycles. The van der Waals surface area contributed by atoms with Gasteiger partial charge in [0.25, 0.3) is 0 Å². The zero-order chi connectivity index (χ0) is 20.2. The predicted octanol–water partition coefficient (Wildman–Crippen LogP) is 5.48. The fourth-order valence-corrected chi connectivity index (χ4v) is 3.75. The Labute approximate surface area is 171 Å². The number of nitrogens with one attached hydrogen (secondary N) is 1. The van der Waals surface area contributed by atoms with E-state index in [0.29, 0.717) is 6.54 Å². The van der Waals surface area contributed by atoms with Crippen LogP contribution in [0.15, 0.2) is 84.9 Å². The van der Waals surface area contributed by atoms with Crippen molar-refractivity contribution in [1.82, 2.24) is 9.88 Å². The van der Waals surface area contributed by atoms with Gasteiger partial charge in [-0.2, -0.15) is 0 Å². The summed E-state index contributed by atoms with van der Waals surface area (Å²) in [5.41, 5.74) is 6.74. The van der Waals surface area contributed by atoms with E-state index >= 15 is 0 Å². The molecule has 1 amide bonds. The van der Waals surface area contributed by atoms with Crippen molar-refractivity contribution in [2.45, 2.75) is 13.5 Å². The maximum absolute atomic E-state index is 12.5. The van der Waals surface area contributed by atoms with Gasteiger partial charge in [-0.1, -0.05) is 72.8 Å². The molecule has 4 rings (SSSR count). The Morgan fingerprint density at radius 2 is 1.62 bits per heavy atom. The summed E-state index contributed by atoms with van der Waals surface area (Å²) in [7, 11) is 2.07. The molecule has 0 aliphatic rings. The first-order chi connectivity index (χ1) is 14.1. The molecule has 1 heterocycles. The van der Waals surface area contributed by atoms with Crippen LogP contribution in [0, 0.1) is 6.92 Å². The quantitative estimate of drug-likeness (QED) is 0.457. The van der Waals surface area contributed by atoms with Gasteiger partial charge in [-0.05, 0) is 35.8 Å². The van der Waals surface area contributed by atoms with Crippen LogP contribution in [0.2, 0.25) is 0 Å². The third-order valence-electron chi connectivity index (χ3n) is 5.31. The Kier molecular flexibility index (Phi) is 5.30.